The molecule has 0 bridgehead atoms. The second-order valence-electron chi connectivity index (χ2n) is 7.55. The number of carbonyl (C=O) groups excluding carboxylic acids is 1. The number of nitrogens with one attached hydrogen (secondary N) is 1. The number of aromatic nitrogens is 4. The highest BCUT2D eigenvalue weighted by Crippen LogP contribution is 2.40. The number of fused-ring (bicyclic) bond motifs is 1. The molecule has 0 aliphatic rings. The zero-order valence-electron chi connectivity index (χ0n) is 18.6. The van der Waals surface area contributed by atoms with Crippen LogP contribution < -0.4 is 20.6 Å². The summed E-state index contributed by atoms with van der Waals surface area (Å²) in [5, 5.41) is 6.98. The number of nitrogens with two attached hydrogens (primary N) is 1. The van der Waals surface area contributed by atoms with Crippen LogP contribution in [-0.4, -0.2) is 33.2 Å². The lowest BCUT2D eigenvalue weighted by molar-refractivity contribution is -0.142. The van der Waals surface area contributed by atoms with Crippen molar-refractivity contribution in [3.63, 3.8) is 0 Å². The topological polar surface area (TPSA) is 133 Å². The van der Waals surface area contributed by atoms with Crippen LogP contribution in [-0.2, 0) is 6.18 Å². The van der Waals surface area contributed by atoms with Crippen molar-refractivity contribution in [1.29, 1.82) is 0 Å². The van der Waals surface area contributed by atoms with Gasteiger partial charge in [-0.2, -0.15) is 13.2 Å². The molecule has 1 amide bonds. The first-order chi connectivity index (χ1) is 16.5. The summed E-state index contributed by atoms with van der Waals surface area (Å²) in [4.78, 5) is 31.8. The van der Waals surface area contributed by atoms with E-state index in [1.165, 1.54) is 38.3 Å². The van der Waals surface area contributed by atoms with E-state index in [4.69, 9.17) is 15.2 Å². The smallest absolute Gasteiger partial charge is 0.435 e. The number of ether oxygens (including phenoxy) is 2. The quantitative estimate of drug-likeness (QED) is 0.438. The van der Waals surface area contributed by atoms with Gasteiger partial charge in [-0.25, -0.2) is 4.98 Å². The highest BCUT2D eigenvalue weighted by Gasteiger charge is 2.37. The minimum absolute atomic E-state index is 0.00587. The van der Waals surface area contributed by atoms with E-state index in [2.05, 4.69) is 20.2 Å². The molecule has 0 unspecified atom stereocenters. The van der Waals surface area contributed by atoms with Crippen LogP contribution in [0.2, 0.25) is 0 Å². The van der Waals surface area contributed by atoms with Crippen molar-refractivity contribution in [2.24, 2.45) is 5.73 Å². The van der Waals surface area contributed by atoms with Gasteiger partial charge in [0.2, 0.25) is 11.8 Å². The van der Waals surface area contributed by atoms with Crippen LogP contribution in [0.3, 0.4) is 0 Å². The number of methoxy groups -OCH3 is 1. The number of primary amides is 1. The molecular weight excluding hydrogens is 467 g/mol. The molecule has 3 aromatic heterocycles. The lowest BCUT2D eigenvalue weighted by Crippen LogP contribution is -2.17. The maximum absolute atomic E-state index is 13.6. The van der Waals surface area contributed by atoms with Crippen molar-refractivity contribution in [3.8, 4) is 28.8 Å². The van der Waals surface area contributed by atoms with Crippen molar-refractivity contribution < 1.29 is 27.4 Å². The number of halogens is 3. The molecule has 4 aromatic rings. The van der Waals surface area contributed by atoms with E-state index in [9.17, 15) is 22.8 Å². The zero-order chi connectivity index (χ0) is 25.5. The van der Waals surface area contributed by atoms with Crippen LogP contribution >= 0.6 is 0 Å². The molecule has 0 saturated carbocycles. The van der Waals surface area contributed by atoms with E-state index < -0.39 is 23.2 Å². The number of aryl methyl sites for hydroxylation is 1. The summed E-state index contributed by atoms with van der Waals surface area (Å²) in [5.74, 6) is -0.987. The molecule has 35 heavy (non-hydrogen) atoms. The zero-order valence-corrected chi connectivity index (χ0v) is 18.6. The second-order valence-corrected chi connectivity index (χ2v) is 7.55. The van der Waals surface area contributed by atoms with E-state index >= 15 is 0 Å². The Labute approximate surface area is 195 Å². The highest BCUT2D eigenvalue weighted by molar-refractivity contribution is 6.05. The Morgan fingerprint density at radius 3 is 2.49 bits per heavy atom. The van der Waals surface area contributed by atoms with Gasteiger partial charge in [0.1, 0.15) is 0 Å². The predicted octanol–water partition coefficient (Wildman–Crippen LogP) is 3.92. The maximum Gasteiger partial charge on any atom is 0.435 e. The van der Waals surface area contributed by atoms with Crippen LogP contribution in [0.5, 0.6) is 17.5 Å². The van der Waals surface area contributed by atoms with Crippen molar-refractivity contribution in [2.75, 3.05) is 7.11 Å². The highest BCUT2D eigenvalue weighted by atomic mass is 19.4. The Balaban J connectivity index is 1.99. The van der Waals surface area contributed by atoms with Crippen molar-refractivity contribution in [3.05, 3.63) is 69.1 Å². The third-order valence-corrected chi connectivity index (χ3v) is 5.21. The van der Waals surface area contributed by atoms with Crippen LogP contribution in [0, 0.1) is 13.8 Å². The molecule has 0 spiro atoms. The summed E-state index contributed by atoms with van der Waals surface area (Å²) >= 11 is 0. The van der Waals surface area contributed by atoms with Gasteiger partial charge in [-0.05, 0) is 43.7 Å². The summed E-state index contributed by atoms with van der Waals surface area (Å²) in [6.45, 7) is 2.91. The van der Waals surface area contributed by atoms with E-state index in [1.54, 1.807) is 13.0 Å². The third kappa shape index (κ3) is 4.37. The van der Waals surface area contributed by atoms with Gasteiger partial charge in [0.25, 0.3) is 5.88 Å². The first-order valence-corrected chi connectivity index (χ1v) is 10.1. The summed E-state index contributed by atoms with van der Waals surface area (Å²) in [6, 6.07) is 8.55. The molecule has 4 rings (SSSR count). The monoisotopic (exact) mass is 485 g/mol. The second kappa shape index (κ2) is 8.70. The summed E-state index contributed by atoms with van der Waals surface area (Å²) in [6.07, 6.45) is -4.82. The van der Waals surface area contributed by atoms with E-state index in [0.29, 0.717) is 5.69 Å². The number of H-pyrrole nitrogens is 1. The van der Waals surface area contributed by atoms with Crippen molar-refractivity contribution in [1.82, 2.24) is 20.2 Å². The molecule has 9 nitrogen and oxygen atoms in total. The maximum atomic E-state index is 13.6. The van der Waals surface area contributed by atoms with E-state index in [1.807, 2.05) is 0 Å². The molecule has 0 aliphatic heterocycles. The number of pyridine rings is 2. The normalized spacial score (nSPS) is 11.5. The number of amides is 1. The molecule has 0 saturated heterocycles. The minimum atomic E-state index is -4.82. The van der Waals surface area contributed by atoms with Gasteiger partial charge in [-0.1, -0.05) is 6.07 Å². The molecule has 0 fully saturated rings. The average molecular weight is 485 g/mol. The lowest BCUT2D eigenvalue weighted by Gasteiger charge is -2.17. The number of hydrogen-bond donors (Lipinski definition) is 2. The first kappa shape index (κ1) is 23.7. The molecule has 12 heteroatoms. The van der Waals surface area contributed by atoms with Gasteiger partial charge in [-0.15, -0.1) is 10.2 Å². The Hall–Kier alpha value is -4.48. The number of carbonyl (C=O) groups is 1. The molecular formula is C23H18F3N5O4. The average Bonchev–Trinajstić information content (AvgIpc) is 2.78. The van der Waals surface area contributed by atoms with Gasteiger partial charge in [-0.3, -0.25) is 9.59 Å². The fourth-order valence-electron chi connectivity index (χ4n) is 3.65. The molecule has 3 N–H and O–H groups in total. The number of nitrogens with zero attached hydrogens (tertiary/aromatic N) is 3. The fraction of sp³-hybridized carbons (Fsp3) is 0.174. The Kier molecular flexibility index (Phi) is 5.89. The van der Waals surface area contributed by atoms with E-state index in [-0.39, 0.29) is 50.8 Å². The standard InChI is InChI=1S/C23H18F3N5O4/c1-10-7-8-16(21(28-10)34-3)35-22-17(11(2)19(30-31-22)23(24,25)26)14-9-15(32)18-12(20(27)33)5-4-6-13(18)29-14/h4-9H,1-3H3,(H2,27,33)(H,29,32). The SMILES string of the molecule is COc1nc(C)ccc1Oc1nnc(C(F)(F)F)c(C)c1-c1cc(=O)c2c(C(N)=O)cccc2[nH]1. The number of aromatic amines is 1. The summed E-state index contributed by atoms with van der Waals surface area (Å²) in [5.41, 5.74) is 3.75. The Bertz CT molecular complexity index is 1530. The Morgan fingerprint density at radius 2 is 1.83 bits per heavy atom. The van der Waals surface area contributed by atoms with Crippen molar-refractivity contribution >= 4 is 16.8 Å². The predicted molar refractivity (Wildman–Crippen MR) is 119 cm³/mol. The van der Waals surface area contributed by atoms with Crippen LogP contribution in [0.25, 0.3) is 22.2 Å². The molecule has 180 valence electrons. The molecule has 0 radical (unpaired) electrons. The van der Waals surface area contributed by atoms with Gasteiger partial charge >= 0.3 is 6.18 Å². The summed E-state index contributed by atoms with van der Waals surface area (Å²) in [7, 11) is 1.36. The van der Waals surface area contributed by atoms with Gasteiger partial charge in [0, 0.05) is 11.8 Å². The third-order valence-electron chi connectivity index (χ3n) is 5.21. The molecule has 0 aliphatic carbocycles. The number of alkyl halides is 3. The van der Waals surface area contributed by atoms with Crippen LogP contribution in [0.15, 0.2) is 41.2 Å². The van der Waals surface area contributed by atoms with Gasteiger partial charge in [0.05, 0.1) is 34.8 Å². The fourth-order valence-corrected chi connectivity index (χ4v) is 3.65. The number of rotatable bonds is 5. The summed E-state index contributed by atoms with van der Waals surface area (Å²) < 4.78 is 51.9. The Morgan fingerprint density at radius 1 is 1.09 bits per heavy atom. The van der Waals surface area contributed by atoms with Crippen LogP contribution in [0.1, 0.15) is 27.3 Å². The largest absolute Gasteiger partial charge is 0.478 e. The first-order valence-electron chi connectivity index (χ1n) is 10.1. The van der Waals surface area contributed by atoms with Gasteiger partial charge in [0.15, 0.2) is 16.9 Å². The number of hydrogen-bond acceptors (Lipinski definition) is 7. The lowest BCUT2D eigenvalue weighted by atomic mass is 10.0. The minimum Gasteiger partial charge on any atom is -0.478 e. The van der Waals surface area contributed by atoms with Crippen LogP contribution in [0.4, 0.5) is 13.2 Å². The van der Waals surface area contributed by atoms with E-state index in [0.717, 1.165) is 6.07 Å². The number of benzene rings is 1. The van der Waals surface area contributed by atoms with Crippen molar-refractivity contribution in [2.45, 2.75) is 20.0 Å². The molecule has 1 aromatic carbocycles. The van der Waals surface area contributed by atoms with Gasteiger partial charge < -0.3 is 20.2 Å². The molecule has 0 atom stereocenters. The molecule has 3 heterocycles.